The second-order valence-corrected chi connectivity index (χ2v) is 9.34. The molecule has 13 heteroatoms. The largest absolute Gasteiger partial charge is 0.480 e. The number of nitrogens with two attached hydrogens (primary N) is 4. The van der Waals surface area contributed by atoms with E-state index < -0.39 is 47.9 Å². The van der Waals surface area contributed by atoms with E-state index in [-0.39, 0.29) is 24.2 Å². The lowest BCUT2D eigenvalue weighted by atomic mass is 9.96. The number of guanidine groups is 1. The SMILES string of the molecule is CCC(C)C(NC(=O)C(N)CCCN=C(N)N)C(=O)NC(CCCCN)C(=O)NC(C(=O)O)C(C)C. The molecular weight excluding hydrogens is 468 g/mol. The molecule has 12 N–H and O–H groups in total. The van der Waals surface area contributed by atoms with Crippen LogP contribution in [0.3, 0.4) is 0 Å². The second kappa shape index (κ2) is 17.5. The molecule has 0 aliphatic heterocycles. The van der Waals surface area contributed by atoms with E-state index in [2.05, 4.69) is 20.9 Å². The molecule has 5 unspecified atom stereocenters. The van der Waals surface area contributed by atoms with Gasteiger partial charge in [-0.2, -0.15) is 0 Å². The van der Waals surface area contributed by atoms with Crippen molar-refractivity contribution in [3.63, 3.8) is 0 Å². The number of hydrogen-bond donors (Lipinski definition) is 8. The van der Waals surface area contributed by atoms with Gasteiger partial charge in [0.05, 0.1) is 6.04 Å². The molecule has 36 heavy (non-hydrogen) atoms. The first-order valence-corrected chi connectivity index (χ1v) is 12.5. The lowest BCUT2D eigenvalue weighted by Crippen LogP contribution is -2.59. The maximum absolute atomic E-state index is 13.2. The predicted molar refractivity (Wildman–Crippen MR) is 139 cm³/mol. The monoisotopic (exact) mass is 514 g/mol. The number of nitrogens with zero attached hydrogens (tertiary/aromatic N) is 1. The van der Waals surface area contributed by atoms with E-state index in [1.807, 2.05) is 6.92 Å². The van der Waals surface area contributed by atoms with Crippen LogP contribution in [0.25, 0.3) is 0 Å². The van der Waals surface area contributed by atoms with Gasteiger partial charge in [-0.1, -0.05) is 34.1 Å². The molecule has 0 aromatic heterocycles. The van der Waals surface area contributed by atoms with Crippen LogP contribution in [0.2, 0.25) is 0 Å². The Morgan fingerprint density at radius 1 is 0.861 bits per heavy atom. The third-order valence-corrected chi connectivity index (χ3v) is 5.91. The molecule has 0 spiro atoms. The molecule has 0 aliphatic rings. The summed E-state index contributed by atoms with van der Waals surface area (Å²) in [7, 11) is 0. The number of carbonyl (C=O) groups is 4. The third-order valence-electron chi connectivity index (χ3n) is 5.91. The Labute approximate surface area is 213 Å². The Bertz CT molecular complexity index is 742. The van der Waals surface area contributed by atoms with Crippen LogP contribution in [0.15, 0.2) is 4.99 Å². The van der Waals surface area contributed by atoms with Crippen LogP contribution in [-0.2, 0) is 19.2 Å². The molecule has 0 bridgehead atoms. The van der Waals surface area contributed by atoms with Gasteiger partial charge in [0.1, 0.15) is 18.1 Å². The van der Waals surface area contributed by atoms with Gasteiger partial charge >= 0.3 is 5.97 Å². The zero-order chi connectivity index (χ0) is 27.8. The topological polar surface area (TPSA) is 241 Å². The maximum atomic E-state index is 13.2. The lowest BCUT2D eigenvalue weighted by molar-refractivity contribution is -0.143. The maximum Gasteiger partial charge on any atom is 0.326 e. The quantitative estimate of drug-likeness (QED) is 0.0617. The van der Waals surface area contributed by atoms with Crippen LogP contribution in [0.1, 0.15) is 66.2 Å². The van der Waals surface area contributed by atoms with E-state index in [4.69, 9.17) is 22.9 Å². The molecule has 0 rings (SSSR count). The fourth-order valence-corrected chi connectivity index (χ4v) is 3.40. The van der Waals surface area contributed by atoms with Crippen molar-refractivity contribution in [2.45, 2.75) is 90.4 Å². The van der Waals surface area contributed by atoms with E-state index in [1.54, 1.807) is 20.8 Å². The zero-order valence-electron chi connectivity index (χ0n) is 22.0. The Kier molecular flexibility index (Phi) is 16.1. The standard InChI is InChI=1S/C23H46N8O5/c1-5-14(4)18(31-19(32)15(25)9-8-12-28-23(26)27)21(34)29-16(10-6-7-11-24)20(33)30-17(13(2)3)22(35)36/h13-18H,5-12,24-25H2,1-4H3,(H,29,34)(H,30,33)(H,31,32)(H,35,36)(H4,26,27,28). The first-order valence-electron chi connectivity index (χ1n) is 12.5. The smallest absolute Gasteiger partial charge is 0.326 e. The van der Waals surface area contributed by atoms with Crippen LogP contribution in [0.4, 0.5) is 0 Å². The molecule has 0 saturated carbocycles. The highest BCUT2D eigenvalue weighted by Gasteiger charge is 2.32. The molecule has 0 radical (unpaired) electrons. The van der Waals surface area contributed by atoms with Gasteiger partial charge in [0.15, 0.2) is 5.96 Å². The van der Waals surface area contributed by atoms with Gasteiger partial charge < -0.3 is 44.0 Å². The number of carboxylic acids is 1. The first-order chi connectivity index (χ1) is 16.8. The van der Waals surface area contributed by atoms with Crippen molar-refractivity contribution < 1.29 is 24.3 Å². The molecule has 0 aliphatic carbocycles. The third kappa shape index (κ3) is 12.7. The molecule has 0 aromatic rings. The van der Waals surface area contributed by atoms with Crippen molar-refractivity contribution in [1.29, 1.82) is 0 Å². The summed E-state index contributed by atoms with van der Waals surface area (Å²) in [6.07, 6.45) is 2.83. The summed E-state index contributed by atoms with van der Waals surface area (Å²) in [6.45, 7) is 7.77. The number of carbonyl (C=O) groups excluding carboxylic acids is 3. The summed E-state index contributed by atoms with van der Waals surface area (Å²) in [4.78, 5) is 54.2. The molecule has 0 aromatic carbocycles. The summed E-state index contributed by atoms with van der Waals surface area (Å²) < 4.78 is 0. The second-order valence-electron chi connectivity index (χ2n) is 9.34. The summed E-state index contributed by atoms with van der Waals surface area (Å²) in [5, 5.41) is 17.3. The average Bonchev–Trinajstić information content (AvgIpc) is 2.81. The van der Waals surface area contributed by atoms with Crippen molar-refractivity contribution in [3.8, 4) is 0 Å². The molecule has 13 nitrogen and oxygen atoms in total. The number of aliphatic carboxylic acids is 1. The summed E-state index contributed by atoms with van der Waals surface area (Å²) in [6, 6.07) is -3.89. The van der Waals surface area contributed by atoms with Gasteiger partial charge in [0, 0.05) is 6.54 Å². The van der Waals surface area contributed by atoms with Crippen LogP contribution in [0.5, 0.6) is 0 Å². The summed E-state index contributed by atoms with van der Waals surface area (Å²) in [5.41, 5.74) is 22.1. The highest BCUT2D eigenvalue weighted by Crippen LogP contribution is 2.11. The molecule has 0 saturated heterocycles. The molecule has 5 atom stereocenters. The minimum atomic E-state index is -1.16. The zero-order valence-corrected chi connectivity index (χ0v) is 22.0. The van der Waals surface area contributed by atoms with Gasteiger partial charge in [-0.3, -0.25) is 19.4 Å². The number of aliphatic imine (C=N–C) groups is 1. The summed E-state index contributed by atoms with van der Waals surface area (Å²) in [5.74, 6) is -3.47. The number of nitrogens with one attached hydrogen (secondary N) is 3. The number of hydrogen-bond acceptors (Lipinski definition) is 7. The summed E-state index contributed by atoms with van der Waals surface area (Å²) >= 11 is 0. The molecular formula is C23H46N8O5. The van der Waals surface area contributed by atoms with Gasteiger partial charge in [-0.25, -0.2) is 4.79 Å². The minimum Gasteiger partial charge on any atom is -0.480 e. The van der Waals surface area contributed by atoms with Crippen molar-refractivity contribution in [2.24, 2.45) is 39.8 Å². The Balaban J connectivity index is 5.45. The highest BCUT2D eigenvalue weighted by atomic mass is 16.4. The van der Waals surface area contributed by atoms with Crippen molar-refractivity contribution in [2.75, 3.05) is 13.1 Å². The van der Waals surface area contributed by atoms with Crippen LogP contribution >= 0.6 is 0 Å². The highest BCUT2D eigenvalue weighted by molar-refractivity contribution is 5.94. The van der Waals surface area contributed by atoms with Gasteiger partial charge in [0.25, 0.3) is 0 Å². The fraction of sp³-hybridized carbons (Fsp3) is 0.783. The normalized spacial score (nSPS) is 15.2. The van der Waals surface area contributed by atoms with E-state index >= 15 is 0 Å². The van der Waals surface area contributed by atoms with Gasteiger partial charge in [-0.05, 0) is 50.5 Å². The van der Waals surface area contributed by atoms with Gasteiger partial charge in [0.2, 0.25) is 17.7 Å². The Hall–Kier alpha value is -2.93. The van der Waals surface area contributed by atoms with Crippen molar-refractivity contribution >= 4 is 29.7 Å². The van der Waals surface area contributed by atoms with E-state index in [0.717, 1.165) is 0 Å². The molecule has 0 heterocycles. The van der Waals surface area contributed by atoms with E-state index in [1.165, 1.54) is 0 Å². The van der Waals surface area contributed by atoms with E-state index in [9.17, 15) is 24.3 Å². The first kappa shape index (κ1) is 33.1. The molecule has 0 fully saturated rings. The van der Waals surface area contributed by atoms with E-state index in [0.29, 0.717) is 45.2 Å². The molecule has 208 valence electrons. The number of unbranched alkanes of at least 4 members (excludes halogenated alkanes) is 1. The Morgan fingerprint density at radius 2 is 1.47 bits per heavy atom. The predicted octanol–water partition coefficient (Wildman–Crippen LogP) is -1.26. The van der Waals surface area contributed by atoms with Crippen LogP contribution in [0, 0.1) is 11.8 Å². The Morgan fingerprint density at radius 3 is 1.97 bits per heavy atom. The number of carboxylic acid groups (broad SMARTS) is 1. The molecule has 3 amide bonds. The average molecular weight is 515 g/mol. The number of rotatable bonds is 18. The fourth-order valence-electron chi connectivity index (χ4n) is 3.40. The lowest BCUT2D eigenvalue weighted by Gasteiger charge is -2.28. The number of amides is 3. The van der Waals surface area contributed by atoms with Crippen LogP contribution < -0.4 is 38.9 Å². The van der Waals surface area contributed by atoms with Crippen molar-refractivity contribution in [1.82, 2.24) is 16.0 Å². The van der Waals surface area contributed by atoms with Crippen molar-refractivity contribution in [3.05, 3.63) is 0 Å². The van der Waals surface area contributed by atoms with Crippen LogP contribution in [-0.4, -0.2) is 72.0 Å². The van der Waals surface area contributed by atoms with Gasteiger partial charge in [-0.15, -0.1) is 0 Å². The minimum absolute atomic E-state index is 0.0466.